The van der Waals surface area contributed by atoms with Crippen LogP contribution in [-0.2, 0) is 6.67 Å². The minimum atomic E-state index is -0.0114. The predicted molar refractivity (Wildman–Crippen MR) is 95.9 cm³/mol. The SMILES string of the molecule is Cc1ccc(C2CCCN2Cn2ncc3ccccc3c2=O)cc1. The number of hydrogen-bond acceptors (Lipinski definition) is 3. The lowest BCUT2D eigenvalue weighted by Crippen LogP contribution is -2.33. The van der Waals surface area contributed by atoms with Crippen LogP contribution in [-0.4, -0.2) is 21.2 Å². The van der Waals surface area contributed by atoms with Crippen molar-refractivity contribution < 1.29 is 0 Å². The Balaban J connectivity index is 1.63. The van der Waals surface area contributed by atoms with E-state index in [2.05, 4.69) is 41.2 Å². The Morgan fingerprint density at radius 2 is 1.92 bits per heavy atom. The largest absolute Gasteiger partial charge is 0.277 e. The van der Waals surface area contributed by atoms with Crippen LogP contribution in [0, 0.1) is 6.92 Å². The molecule has 3 aromatic rings. The van der Waals surface area contributed by atoms with Crippen molar-refractivity contribution in [2.45, 2.75) is 32.5 Å². The summed E-state index contributed by atoms with van der Waals surface area (Å²) in [4.78, 5) is 15.0. The molecule has 0 amide bonds. The molecular weight excluding hydrogens is 298 g/mol. The normalized spacial score (nSPS) is 18.3. The monoisotopic (exact) mass is 319 g/mol. The number of likely N-dealkylation sites (tertiary alicyclic amines) is 1. The fraction of sp³-hybridized carbons (Fsp3) is 0.300. The van der Waals surface area contributed by atoms with Gasteiger partial charge in [-0.05, 0) is 31.4 Å². The molecule has 24 heavy (non-hydrogen) atoms. The van der Waals surface area contributed by atoms with Crippen LogP contribution in [0.1, 0.15) is 30.0 Å². The minimum Gasteiger partial charge on any atom is -0.277 e. The number of hydrogen-bond donors (Lipinski definition) is 0. The first-order valence-corrected chi connectivity index (χ1v) is 8.48. The van der Waals surface area contributed by atoms with Crippen molar-refractivity contribution in [2.24, 2.45) is 0 Å². The summed E-state index contributed by atoms with van der Waals surface area (Å²) in [5.74, 6) is 0. The van der Waals surface area contributed by atoms with Gasteiger partial charge < -0.3 is 0 Å². The molecule has 0 spiro atoms. The Bertz CT molecular complexity index is 914. The molecule has 1 atom stereocenters. The van der Waals surface area contributed by atoms with E-state index in [4.69, 9.17) is 0 Å². The molecule has 1 aliphatic heterocycles. The Labute approximate surface area is 141 Å². The molecule has 0 N–H and O–H groups in total. The molecule has 1 fully saturated rings. The lowest BCUT2D eigenvalue weighted by Gasteiger charge is -2.25. The number of fused-ring (bicyclic) bond motifs is 1. The zero-order valence-corrected chi connectivity index (χ0v) is 13.9. The third-order valence-corrected chi connectivity index (χ3v) is 4.90. The molecule has 4 rings (SSSR count). The van der Waals surface area contributed by atoms with E-state index in [0.29, 0.717) is 12.7 Å². The number of aromatic nitrogens is 2. The van der Waals surface area contributed by atoms with Crippen molar-refractivity contribution in [1.82, 2.24) is 14.7 Å². The van der Waals surface area contributed by atoms with Crippen LogP contribution < -0.4 is 5.56 Å². The van der Waals surface area contributed by atoms with E-state index in [0.717, 1.165) is 30.2 Å². The molecule has 2 heterocycles. The van der Waals surface area contributed by atoms with Gasteiger partial charge in [-0.25, -0.2) is 4.68 Å². The predicted octanol–water partition coefficient (Wildman–Crippen LogP) is 3.50. The summed E-state index contributed by atoms with van der Waals surface area (Å²) in [6, 6.07) is 16.7. The first-order valence-electron chi connectivity index (χ1n) is 8.48. The topological polar surface area (TPSA) is 38.1 Å². The van der Waals surface area contributed by atoms with Crippen molar-refractivity contribution in [3.63, 3.8) is 0 Å². The molecule has 0 saturated carbocycles. The maximum absolute atomic E-state index is 12.7. The van der Waals surface area contributed by atoms with E-state index in [-0.39, 0.29) is 5.56 Å². The van der Waals surface area contributed by atoms with Crippen molar-refractivity contribution in [3.8, 4) is 0 Å². The smallest absolute Gasteiger partial charge is 0.275 e. The summed E-state index contributed by atoms with van der Waals surface area (Å²) in [6.07, 6.45) is 4.07. The van der Waals surface area contributed by atoms with E-state index in [9.17, 15) is 4.79 Å². The molecule has 2 aromatic carbocycles. The van der Waals surface area contributed by atoms with Crippen molar-refractivity contribution in [2.75, 3.05) is 6.54 Å². The Hall–Kier alpha value is -2.46. The molecular formula is C20H21N3O. The molecule has 4 nitrogen and oxygen atoms in total. The quantitative estimate of drug-likeness (QED) is 0.741. The summed E-state index contributed by atoms with van der Waals surface area (Å²) in [7, 11) is 0. The Morgan fingerprint density at radius 1 is 1.12 bits per heavy atom. The highest BCUT2D eigenvalue weighted by Crippen LogP contribution is 2.32. The molecule has 1 aliphatic rings. The molecule has 1 aromatic heterocycles. The zero-order chi connectivity index (χ0) is 16.5. The molecule has 0 aliphatic carbocycles. The standard InChI is InChI=1S/C20H21N3O/c1-15-8-10-16(11-9-15)19-7-4-12-22(19)14-23-20(24)18-6-3-2-5-17(18)13-21-23/h2-3,5-6,8-11,13,19H,4,7,12,14H2,1H3. The van der Waals surface area contributed by atoms with Gasteiger partial charge in [-0.2, -0.15) is 5.10 Å². The van der Waals surface area contributed by atoms with E-state index >= 15 is 0 Å². The average molecular weight is 319 g/mol. The zero-order valence-electron chi connectivity index (χ0n) is 13.9. The van der Waals surface area contributed by atoms with Gasteiger partial charge in [0.1, 0.15) is 0 Å². The van der Waals surface area contributed by atoms with Gasteiger partial charge >= 0.3 is 0 Å². The lowest BCUT2D eigenvalue weighted by atomic mass is 10.0. The second-order valence-corrected chi connectivity index (χ2v) is 6.56. The van der Waals surface area contributed by atoms with Gasteiger partial charge in [0.25, 0.3) is 5.56 Å². The number of nitrogens with zero attached hydrogens (tertiary/aromatic N) is 3. The summed E-state index contributed by atoms with van der Waals surface area (Å²) < 4.78 is 1.59. The summed E-state index contributed by atoms with van der Waals surface area (Å²) in [5, 5.41) is 6.01. The van der Waals surface area contributed by atoms with Crippen LogP contribution in [0.5, 0.6) is 0 Å². The van der Waals surface area contributed by atoms with Crippen LogP contribution >= 0.6 is 0 Å². The molecule has 1 unspecified atom stereocenters. The third-order valence-electron chi connectivity index (χ3n) is 4.90. The van der Waals surface area contributed by atoms with Crippen molar-refractivity contribution in [3.05, 3.63) is 76.2 Å². The van der Waals surface area contributed by atoms with Gasteiger partial charge in [-0.1, -0.05) is 48.0 Å². The van der Waals surface area contributed by atoms with Gasteiger partial charge in [0, 0.05) is 18.0 Å². The highest BCUT2D eigenvalue weighted by molar-refractivity contribution is 5.80. The second kappa shape index (κ2) is 6.21. The third kappa shape index (κ3) is 2.74. The van der Waals surface area contributed by atoms with E-state index in [1.807, 2.05) is 24.3 Å². The number of benzene rings is 2. The van der Waals surface area contributed by atoms with Crippen molar-refractivity contribution >= 4 is 10.8 Å². The molecule has 0 radical (unpaired) electrons. The molecule has 0 bridgehead atoms. The second-order valence-electron chi connectivity index (χ2n) is 6.56. The van der Waals surface area contributed by atoms with E-state index in [1.165, 1.54) is 11.1 Å². The Kier molecular flexibility index (Phi) is 3.90. The van der Waals surface area contributed by atoms with Crippen LogP contribution in [0.4, 0.5) is 0 Å². The first kappa shape index (κ1) is 15.1. The maximum atomic E-state index is 12.7. The van der Waals surface area contributed by atoms with E-state index < -0.39 is 0 Å². The highest BCUT2D eigenvalue weighted by atomic mass is 16.1. The lowest BCUT2D eigenvalue weighted by molar-refractivity contribution is 0.187. The minimum absolute atomic E-state index is 0.0114. The van der Waals surface area contributed by atoms with Crippen LogP contribution in [0.25, 0.3) is 10.8 Å². The Morgan fingerprint density at radius 3 is 2.75 bits per heavy atom. The first-order chi connectivity index (χ1) is 11.7. The maximum Gasteiger partial charge on any atom is 0.275 e. The summed E-state index contributed by atoms with van der Waals surface area (Å²) >= 11 is 0. The average Bonchev–Trinajstić information content (AvgIpc) is 3.06. The highest BCUT2D eigenvalue weighted by Gasteiger charge is 2.26. The molecule has 1 saturated heterocycles. The van der Waals surface area contributed by atoms with Crippen LogP contribution in [0.2, 0.25) is 0 Å². The van der Waals surface area contributed by atoms with Crippen LogP contribution in [0.3, 0.4) is 0 Å². The number of rotatable bonds is 3. The molecule has 122 valence electrons. The van der Waals surface area contributed by atoms with E-state index in [1.54, 1.807) is 10.9 Å². The number of aryl methyl sites for hydroxylation is 1. The van der Waals surface area contributed by atoms with Gasteiger partial charge in [-0.3, -0.25) is 9.69 Å². The van der Waals surface area contributed by atoms with Crippen LogP contribution in [0.15, 0.2) is 59.5 Å². The fourth-order valence-electron chi connectivity index (χ4n) is 3.56. The molecule has 4 heteroatoms. The fourth-order valence-corrected chi connectivity index (χ4v) is 3.56. The van der Waals surface area contributed by atoms with Gasteiger partial charge in [0.05, 0.1) is 18.3 Å². The van der Waals surface area contributed by atoms with Crippen molar-refractivity contribution in [1.29, 1.82) is 0 Å². The summed E-state index contributed by atoms with van der Waals surface area (Å²) in [6.45, 7) is 3.65. The summed E-state index contributed by atoms with van der Waals surface area (Å²) in [5.41, 5.74) is 2.59. The van der Waals surface area contributed by atoms with Gasteiger partial charge in [0.15, 0.2) is 0 Å². The van der Waals surface area contributed by atoms with Gasteiger partial charge in [0.2, 0.25) is 0 Å². The van der Waals surface area contributed by atoms with Gasteiger partial charge in [-0.15, -0.1) is 0 Å².